The smallest absolute Gasteiger partial charge is 0.108 e. The monoisotopic (exact) mass is 324 g/mol. The van der Waals surface area contributed by atoms with Gasteiger partial charge in [0.2, 0.25) is 0 Å². The molecule has 0 saturated carbocycles. The van der Waals surface area contributed by atoms with Crippen molar-refractivity contribution in [2.24, 2.45) is 17.3 Å². The van der Waals surface area contributed by atoms with Gasteiger partial charge in [-0.3, -0.25) is 4.98 Å². The molecule has 0 aliphatic carbocycles. The van der Waals surface area contributed by atoms with Gasteiger partial charge in [0.05, 0.1) is 17.8 Å². The summed E-state index contributed by atoms with van der Waals surface area (Å²) in [7, 11) is 0. The van der Waals surface area contributed by atoms with Crippen molar-refractivity contribution >= 4 is 16.3 Å². The van der Waals surface area contributed by atoms with E-state index in [0.29, 0.717) is 17.4 Å². The molecule has 2 rings (SSSR count). The average molecular weight is 325 g/mol. The number of aromatic nitrogens is 1. The topological polar surface area (TPSA) is 34.2 Å². The lowest BCUT2D eigenvalue weighted by Crippen LogP contribution is -2.39. The van der Waals surface area contributed by atoms with E-state index in [1.54, 1.807) is 11.3 Å². The van der Waals surface area contributed by atoms with E-state index in [9.17, 15) is 0 Å². The van der Waals surface area contributed by atoms with Crippen molar-refractivity contribution in [2.75, 3.05) is 18.5 Å². The van der Waals surface area contributed by atoms with Crippen molar-refractivity contribution in [3.05, 3.63) is 11.7 Å². The fourth-order valence-electron chi connectivity index (χ4n) is 3.37. The number of hydrogen-bond acceptors (Lipinski definition) is 4. The quantitative estimate of drug-likeness (QED) is 0.713. The lowest BCUT2D eigenvalue weighted by Gasteiger charge is -2.43. The third-order valence-corrected chi connectivity index (χ3v) is 5.71. The van der Waals surface area contributed by atoms with E-state index < -0.39 is 0 Å². The van der Waals surface area contributed by atoms with Crippen molar-refractivity contribution in [2.45, 2.75) is 65.9 Å². The van der Waals surface area contributed by atoms with Crippen LogP contribution >= 0.6 is 11.3 Å². The first-order chi connectivity index (χ1) is 10.5. The summed E-state index contributed by atoms with van der Waals surface area (Å²) in [5.41, 5.74) is 2.34. The molecular weight excluding hydrogens is 292 g/mol. The Kier molecular flexibility index (Phi) is 6.69. The maximum absolute atomic E-state index is 6.03. The minimum atomic E-state index is 0.435. The molecule has 0 aromatic carbocycles. The van der Waals surface area contributed by atoms with Gasteiger partial charge < -0.3 is 10.1 Å². The summed E-state index contributed by atoms with van der Waals surface area (Å²) in [6.07, 6.45) is 8.70. The van der Waals surface area contributed by atoms with E-state index in [4.69, 9.17) is 4.74 Å². The number of thiazole rings is 1. The van der Waals surface area contributed by atoms with E-state index >= 15 is 0 Å². The van der Waals surface area contributed by atoms with Gasteiger partial charge in [0.1, 0.15) is 5.00 Å². The van der Waals surface area contributed by atoms with Crippen LogP contribution in [0, 0.1) is 17.3 Å². The zero-order chi connectivity index (χ0) is 16.0. The second-order valence-electron chi connectivity index (χ2n) is 7.58. The van der Waals surface area contributed by atoms with Gasteiger partial charge in [-0.15, -0.1) is 11.3 Å². The third kappa shape index (κ3) is 5.24. The molecule has 1 aromatic heterocycles. The molecule has 1 aliphatic rings. The Morgan fingerprint density at radius 1 is 1.36 bits per heavy atom. The number of rotatable bonds is 8. The molecule has 1 N–H and O–H groups in total. The molecule has 1 aromatic rings. The van der Waals surface area contributed by atoms with Gasteiger partial charge in [-0.25, -0.2) is 0 Å². The summed E-state index contributed by atoms with van der Waals surface area (Å²) in [6.45, 7) is 11.2. The highest BCUT2D eigenvalue weighted by atomic mass is 32.1. The van der Waals surface area contributed by atoms with Gasteiger partial charge in [0, 0.05) is 13.2 Å². The van der Waals surface area contributed by atoms with Crippen LogP contribution in [-0.4, -0.2) is 24.2 Å². The molecule has 1 aliphatic heterocycles. The fraction of sp³-hybridized carbons (Fsp3) is 0.833. The summed E-state index contributed by atoms with van der Waals surface area (Å²) >= 11 is 1.69. The molecule has 3 nitrogen and oxygen atoms in total. The number of ether oxygens (including phenoxy) is 1. The van der Waals surface area contributed by atoms with Crippen LogP contribution in [0.3, 0.4) is 0 Å². The van der Waals surface area contributed by atoms with Gasteiger partial charge in [0.25, 0.3) is 0 Å². The Hall–Kier alpha value is -0.610. The van der Waals surface area contributed by atoms with Gasteiger partial charge in [-0.2, -0.15) is 0 Å². The van der Waals surface area contributed by atoms with Crippen molar-refractivity contribution in [1.29, 1.82) is 0 Å². The molecule has 1 saturated heterocycles. The molecule has 0 unspecified atom stereocenters. The second-order valence-corrected chi connectivity index (χ2v) is 8.47. The van der Waals surface area contributed by atoms with Gasteiger partial charge in [-0.1, -0.05) is 34.1 Å². The zero-order valence-corrected chi connectivity index (χ0v) is 15.4. The molecule has 126 valence electrons. The molecule has 1 fully saturated rings. The Labute approximate surface area is 139 Å². The first kappa shape index (κ1) is 17.7. The van der Waals surface area contributed by atoms with Crippen LogP contribution in [0.5, 0.6) is 0 Å². The van der Waals surface area contributed by atoms with Crippen LogP contribution in [0.4, 0.5) is 5.00 Å². The van der Waals surface area contributed by atoms with E-state index in [0.717, 1.165) is 19.1 Å². The number of nitrogens with one attached hydrogen (secondary N) is 1. The minimum absolute atomic E-state index is 0.435. The second kappa shape index (κ2) is 8.30. The van der Waals surface area contributed by atoms with Gasteiger partial charge in [-0.05, 0) is 42.9 Å². The zero-order valence-electron chi connectivity index (χ0n) is 14.6. The maximum Gasteiger partial charge on any atom is 0.108 e. The third-order valence-electron chi connectivity index (χ3n) is 4.98. The molecule has 2 heterocycles. The minimum Gasteiger partial charge on any atom is -0.378 e. The molecule has 0 bridgehead atoms. The highest BCUT2D eigenvalue weighted by Gasteiger charge is 2.37. The number of hydrogen-bond donors (Lipinski definition) is 1. The molecule has 4 heteroatoms. The molecular formula is C18H32N2OS. The van der Waals surface area contributed by atoms with E-state index in [-0.39, 0.29) is 0 Å². The molecule has 0 amide bonds. The van der Waals surface area contributed by atoms with E-state index in [1.165, 1.54) is 37.1 Å². The van der Waals surface area contributed by atoms with Crippen molar-refractivity contribution < 1.29 is 4.74 Å². The normalized spacial score (nSPS) is 25.8. The summed E-state index contributed by atoms with van der Waals surface area (Å²) in [5, 5.41) is 4.73. The van der Waals surface area contributed by atoms with Crippen LogP contribution < -0.4 is 5.32 Å². The predicted molar refractivity (Wildman–Crippen MR) is 95.5 cm³/mol. The van der Waals surface area contributed by atoms with Crippen molar-refractivity contribution in [3.63, 3.8) is 0 Å². The van der Waals surface area contributed by atoms with Crippen LogP contribution in [0.2, 0.25) is 0 Å². The summed E-state index contributed by atoms with van der Waals surface area (Å²) in [4.78, 5) is 4.14. The van der Waals surface area contributed by atoms with Crippen LogP contribution in [0.1, 0.15) is 59.8 Å². The molecule has 22 heavy (non-hydrogen) atoms. The summed E-state index contributed by atoms with van der Waals surface area (Å²) in [6, 6.07) is 0. The molecule has 2 atom stereocenters. The van der Waals surface area contributed by atoms with Gasteiger partial charge >= 0.3 is 0 Å². The van der Waals surface area contributed by atoms with Crippen molar-refractivity contribution in [3.8, 4) is 0 Å². The number of anilines is 1. The molecule has 0 radical (unpaired) electrons. The molecule has 0 spiro atoms. The summed E-state index contributed by atoms with van der Waals surface area (Å²) < 4.78 is 6.03. The van der Waals surface area contributed by atoms with Crippen LogP contribution in [0.25, 0.3) is 0 Å². The maximum atomic E-state index is 6.03. The Balaban J connectivity index is 1.94. The van der Waals surface area contributed by atoms with Crippen LogP contribution in [0.15, 0.2) is 11.7 Å². The van der Waals surface area contributed by atoms with E-state index in [2.05, 4.69) is 38.0 Å². The SMILES string of the molecule is CC(C)CC[C@]1(CCNc2cncs2)CCO[C@@H](C(C)C)C1. The standard InChI is InChI=1S/C18H32N2OS/c1-14(2)5-6-18(7-9-20-17-12-19-13-22-17)8-10-21-16(11-18)15(3)4/h12-16,20H,5-11H2,1-4H3/t16-,18+/m1/s1. The Morgan fingerprint density at radius 3 is 2.82 bits per heavy atom. The highest BCUT2D eigenvalue weighted by Crippen LogP contribution is 2.43. The van der Waals surface area contributed by atoms with Gasteiger partial charge in [0.15, 0.2) is 0 Å². The largest absolute Gasteiger partial charge is 0.378 e. The summed E-state index contributed by atoms with van der Waals surface area (Å²) in [5.74, 6) is 1.40. The lowest BCUT2D eigenvalue weighted by molar-refractivity contribution is -0.0752. The van der Waals surface area contributed by atoms with Crippen LogP contribution in [-0.2, 0) is 4.74 Å². The first-order valence-corrected chi connectivity index (χ1v) is 9.63. The number of nitrogens with zero attached hydrogens (tertiary/aromatic N) is 1. The average Bonchev–Trinajstić information content (AvgIpc) is 2.99. The Bertz CT molecular complexity index is 419. The fourth-order valence-corrected chi connectivity index (χ4v) is 3.91. The lowest BCUT2D eigenvalue weighted by atomic mass is 9.69. The van der Waals surface area contributed by atoms with E-state index in [1.807, 2.05) is 11.7 Å². The first-order valence-electron chi connectivity index (χ1n) is 8.75. The Morgan fingerprint density at radius 2 is 2.18 bits per heavy atom. The van der Waals surface area contributed by atoms with Crippen molar-refractivity contribution in [1.82, 2.24) is 4.98 Å². The highest BCUT2D eigenvalue weighted by molar-refractivity contribution is 7.13. The predicted octanol–water partition coefficient (Wildman–Crippen LogP) is 5.20.